The van der Waals surface area contributed by atoms with Crippen molar-refractivity contribution in [1.29, 1.82) is 10.5 Å². The molecule has 0 unspecified atom stereocenters. The summed E-state index contributed by atoms with van der Waals surface area (Å²) >= 11 is 0. The number of aromatic nitrogens is 1. The van der Waals surface area contributed by atoms with E-state index in [1.54, 1.807) is 24.3 Å². The van der Waals surface area contributed by atoms with E-state index in [-0.39, 0.29) is 5.97 Å². The normalized spacial score (nSPS) is 10.2. The fourth-order valence-electron chi connectivity index (χ4n) is 3.37. The van der Waals surface area contributed by atoms with Gasteiger partial charge in [0.25, 0.3) is 0 Å². The van der Waals surface area contributed by atoms with E-state index >= 15 is 0 Å². The highest BCUT2D eigenvalue weighted by atomic mass is 16.5. The second-order valence-electron chi connectivity index (χ2n) is 6.50. The number of carbonyl (C=O) groups excluding carboxylic acids is 1. The Balaban J connectivity index is 2.01. The van der Waals surface area contributed by atoms with Crippen molar-refractivity contribution in [2.75, 3.05) is 7.11 Å². The van der Waals surface area contributed by atoms with Crippen LogP contribution in [0.4, 0.5) is 0 Å². The molecule has 0 spiro atoms. The van der Waals surface area contributed by atoms with Crippen molar-refractivity contribution in [3.8, 4) is 23.3 Å². The molecule has 0 amide bonds. The molecule has 1 aromatic heterocycles. The van der Waals surface area contributed by atoms with Gasteiger partial charge < -0.3 is 9.30 Å². The molecule has 0 radical (unpaired) electrons. The molecule has 0 fully saturated rings. The molecule has 28 heavy (non-hydrogen) atoms. The lowest BCUT2D eigenvalue weighted by molar-refractivity contribution is 0.0600. The molecule has 3 aromatic rings. The van der Waals surface area contributed by atoms with Crippen LogP contribution in [0, 0.1) is 36.5 Å². The Morgan fingerprint density at radius 2 is 1.61 bits per heavy atom. The molecule has 0 atom stereocenters. The highest BCUT2D eigenvalue weighted by molar-refractivity contribution is 5.89. The van der Waals surface area contributed by atoms with Crippen LogP contribution < -0.4 is 0 Å². The second-order valence-corrected chi connectivity index (χ2v) is 6.50. The first-order valence-electron chi connectivity index (χ1n) is 8.77. The average Bonchev–Trinajstić information content (AvgIpc) is 2.97. The van der Waals surface area contributed by atoms with Gasteiger partial charge >= 0.3 is 5.97 Å². The van der Waals surface area contributed by atoms with Crippen LogP contribution in [0.3, 0.4) is 0 Å². The maximum atomic E-state index is 11.6. The first kappa shape index (κ1) is 18.9. The lowest BCUT2D eigenvalue weighted by Crippen LogP contribution is -2.05. The third kappa shape index (κ3) is 3.39. The Morgan fingerprint density at radius 1 is 0.964 bits per heavy atom. The molecule has 3 rings (SSSR count). The van der Waals surface area contributed by atoms with Crippen LogP contribution in [-0.4, -0.2) is 17.6 Å². The van der Waals surface area contributed by atoms with Crippen LogP contribution in [0.25, 0.3) is 11.1 Å². The van der Waals surface area contributed by atoms with Crippen molar-refractivity contribution >= 4 is 5.97 Å². The van der Waals surface area contributed by atoms with E-state index in [1.807, 2.05) is 38.1 Å². The summed E-state index contributed by atoms with van der Waals surface area (Å²) in [6, 6.07) is 18.9. The molecule has 1 heterocycles. The molecule has 138 valence electrons. The maximum absolute atomic E-state index is 11.6. The first-order chi connectivity index (χ1) is 13.5. The Kier molecular flexibility index (Phi) is 5.29. The number of hydrogen-bond acceptors (Lipinski definition) is 4. The number of nitrogens with zero attached hydrogens (tertiary/aromatic N) is 3. The van der Waals surface area contributed by atoms with Gasteiger partial charge in [0.05, 0.1) is 29.9 Å². The van der Waals surface area contributed by atoms with Crippen LogP contribution in [-0.2, 0) is 11.3 Å². The molecule has 5 heteroatoms. The first-order valence-corrected chi connectivity index (χ1v) is 8.77. The molecule has 0 aliphatic carbocycles. The van der Waals surface area contributed by atoms with Gasteiger partial charge in [0.15, 0.2) is 0 Å². The Bertz CT molecular complexity index is 1110. The zero-order chi connectivity index (χ0) is 20.3. The second kappa shape index (κ2) is 7.82. The molecule has 0 N–H and O–H groups in total. The molecule has 5 nitrogen and oxygen atoms in total. The van der Waals surface area contributed by atoms with E-state index in [1.165, 1.54) is 7.11 Å². The van der Waals surface area contributed by atoms with E-state index < -0.39 is 0 Å². The average molecular weight is 369 g/mol. The summed E-state index contributed by atoms with van der Waals surface area (Å²) in [5, 5.41) is 18.7. The van der Waals surface area contributed by atoms with Gasteiger partial charge in [-0.25, -0.2) is 4.79 Å². The lowest BCUT2D eigenvalue weighted by atomic mass is 10.0. The van der Waals surface area contributed by atoms with Gasteiger partial charge in [-0.2, -0.15) is 10.5 Å². The van der Waals surface area contributed by atoms with Gasteiger partial charge in [-0.3, -0.25) is 0 Å². The summed E-state index contributed by atoms with van der Waals surface area (Å²) in [5.41, 5.74) is 6.40. The lowest BCUT2D eigenvalue weighted by Gasteiger charge is -2.10. The standard InChI is InChI=1S/C23H19N3O2/c1-15-21(13-25)22(19-8-4-17(12-24)5-9-19)16(2)26(15)14-18-6-10-20(11-7-18)23(27)28-3/h4-11H,14H2,1-3H3. The smallest absolute Gasteiger partial charge is 0.337 e. The molecule has 0 saturated heterocycles. The minimum Gasteiger partial charge on any atom is -0.465 e. The quantitative estimate of drug-likeness (QED) is 0.641. The summed E-state index contributed by atoms with van der Waals surface area (Å²) in [6.07, 6.45) is 0. The number of rotatable bonds is 4. The molecule has 0 bridgehead atoms. The van der Waals surface area contributed by atoms with Crippen molar-refractivity contribution in [2.24, 2.45) is 0 Å². The number of methoxy groups -OCH3 is 1. The third-order valence-electron chi connectivity index (χ3n) is 4.91. The summed E-state index contributed by atoms with van der Waals surface area (Å²) in [5.74, 6) is -0.366. The largest absolute Gasteiger partial charge is 0.465 e. The van der Waals surface area contributed by atoms with Crippen molar-refractivity contribution in [2.45, 2.75) is 20.4 Å². The predicted octanol–water partition coefficient (Wildman–Crippen LogP) is 4.35. The summed E-state index contributed by atoms with van der Waals surface area (Å²) in [4.78, 5) is 11.6. The van der Waals surface area contributed by atoms with Gasteiger partial charge in [-0.1, -0.05) is 24.3 Å². The Morgan fingerprint density at radius 3 is 2.14 bits per heavy atom. The molecule has 0 aliphatic heterocycles. The number of carbonyl (C=O) groups is 1. The van der Waals surface area contributed by atoms with Gasteiger partial charge in [0.2, 0.25) is 0 Å². The topological polar surface area (TPSA) is 78.8 Å². The van der Waals surface area contributed by atoms with Gasteiger partial charge in [-0.15, -0.1) is 0 Å². The molecule has 2 aromatic carbocycles. The van der Waals surface area contributed by atoms with Crippen LogP contribution >= 0.6 is 0 Å². The number of benzene rings is 2. The summed E-state index contributed by atoms with van der Waals surface area (Å²) in [7, 11) is 1.36. The molecule has 0 saturated carbocycles. The van der Waals surface area contributed by atoms with Crippen LogP contribution in [0.5, 0.6) is 0 Å². The minimum absolute atomic E-state index is 0.366. The van der Waals surface area contributed by atoms with E-state index in [4.69, 9.17) is 10.00 Å². The number of hydrogen-bond donors (Lipinski definition) is 0. The molecular formula is C23H19N3O2. The van der Waals surface area contributed by atoms with Crippen molar-refractivity contribution in [3.63, 3.8) is 0 Å². The highest BCUT2D eigenvalue weighted by Crippen LogP contribution is 2.32. The summed E-state index contributed by atoms with van der Waals surface area (Å²) < 4.78 is 6.83. The highest BCUT2D eigenvalue weighted by Gasteiger charge is 2.19. The van der Waals surface area contributed by atoms with Crippen molar-refractivity contribution < 1.29 is 9.53 Å². The Labute approximate surface area is 164 Å². The maximum Gasteiger partial charge on any atom is 0.337 e. The number of ether oxygens (including phenoxy) is 1. The molecule has 0 aliphatic rings. The van der Waals surface area contributed by atoms with Crippen molar-refractivity contribution in [3.05, 3.63) is 82.2 Å². The van der Waals surface area contributed by atoms with Gasteiger partial charge in [-0.05, 0) is 49.2 Å². The van der Waals surface area contributed by atoms with E-state index in [9.17, 15) is 10.1 Å². The zero-order valence-corrected chi connectivity index (χ0v) is 16.0. The minimum atomic E-state index is -0.366. The molecular weight excluding hydrogens is 350 g/mol. The van der Waals surface area contributed by atoms with Crippen LogP contribution in [0.2, 0.25) is 0 Å². The van der Waals surface area contributed by atoms with Gasteiger partial charge in [0, 0.05) is 23.5 Å². The SMILES string of the molecule is COC(=O)c1ccc(Cn2c(C)c(C#N)c(-c3ccc(C#N)cc3)c2C)cc1. The fourth-order valence-corrected chi connectivity index (χ4v) is 3.37. The van der Waals surface area contributed by atoms with Crippen molar-refractivity contribution in [1.82, 2.24) is 4.57 Å². The Hall–Kier alpha value is -3.83. The third-order valence-corrected chi connectivity index (χ3v) is 4.91. The van der Waals surface area contributed by atoms with Crippen LogP contribution in [0.1, 0.15) is 38.4 Å². The zero-order valence-electron chi connectivity index (χ0n) is 16.0. The summed E-state index contributed by atoms with van der Waals surface area (Å²) in [6.45, 7) is 4.51. The van der Waals surface area contributed by atoms with E-state index in [0.29, 0.717) is 23.2 Å². The van der Waals surface area contributed by atoms with Gasteiger partial charge in [0.1, 0.15) is 6.07 Å². The van der Waals surface area contributed by atoms with E-state index in [0.717, 1.165) is 28.1 Å². The number of esters is 1. The van der Waals surface area contributed by atoms with Crippen LogP contribution in [0.15, 0.2) is 48.5 Å². The predicted molar refractivity (Wildman–Crippen MR) is 106 cm³/mol. The van der Waals surface area contributed by atoms with E-state index in [2.05, 4.69) is 16.7 Å². The number of nitriles is 2. The fraction of sp³-hybridized carbons (Fsp3) is 0.174. The monoisotopic (exact) mass is 369 g/mol.